The van der Waals surface area contributed by atoms with Gasteiger partial charge in [0.25, 0.3) is 11.8 Å². The first kappa shape index (κ1) is 13.4. The number of ketones is 1. The Morgan fingerprint density at radius 1 is 1.16 bits per heavy atom. The Morgan fingerprint density at radius 2 is 1.74 bits per heavy atom. The highest BCUT2D eigenvalue weighted by Gasteiger charge is 2.28. The second kappa shape index (κ2) is 5.71. The largest absolute Gasteiger partial charge is 0.362 e. The molecule has 100 valence electrons. The van der Waals surface area contributed by atoms with Gasteiger partial charge in [0.15, 0.2) is 5.78 Å². The molecule has 0 N–H and O–H groups in total. The topological polar surface area (TPSA) is 63.7 Å². The van der Waals surface area contributed by atoms with Gasteiger partial charge in [0.05, 0.1) is 6.54 Å². The van der Waals surface area contributed by atoms with E-state index in [4.69, 9.17) is 4.74 Å². The summed E-state index contributed by atoms with van der Waals surface area (Å²) < 4.78 is 17.4. The van der Waals surface area contributed by atoms with Crippen LogP contribution in [0.4, 0.5) is 4.39 Å². The summed E-state index contributed by atoms with van der Waals surface area (Å²) in [6, 6.07) is 5.51. The second-order valence-corrected chi connectivity index (χ2v) is 4.21. The van der Waals surface area contributed by atoms with Crippen molar-refractivity contribution in [3.63, 3.8) is 0 Å². The smallest absolute Gasteiger partial charge is 0.255 e. The molecule has 0 aromatic heterocycles. The normalized spacial score (nSPS) is 15.7. The summed E-state index contributed by atoms with van der Waals surface area (Å²) in [6.07, 6.45) is 0.0538. The van der Waals surface area contributed by atoms with Crippen LogP contribution in [0.2, 0.25) is 0 Å². The van der Waals surface area contributed by atoms with Crippen LogP contribution in [0.1, 0.15) is 5.56 Å². The molecule has 0 saturated carbocycles. The summed E-state index contributed by atoms with van der Waals surface area (Å²) >= 11 is 0. The second-order valence-electron chi connectivity index (χ2n) is 4.21. The van der Waals surface area contributed by atoms with Crippen LogP contribution in [0.15, 0.2) is 24.3 Å². The maximum atomic E-state index is 12.7. The summed E-state index contributed by atoms with van der Waals surface area (Å²) in [6.45, 7) is -0.635. The minimum atomic E-state index is -0.510. The van der Waals surface area contributed by atoms with Crippen LogP contribution in [0, 0.1) is 5.82 Å². The Labute approximate surface area is 109 Å². The van der Waals surface area contributed by atoms with E-state index in [0.717, 1.165) is 4.90 Å². The van der Waals surface area contributed by atoms with Crippen LogP contribution in [0.25, 0.3) is 0 Å². The number of halogens is 1. The molecule has 1 saturated heterocycles. The van der Waals surface area contributed by atoms with E-state index >= 15 is 0 Å². The Bertz CT molecular complexity index is 496. The van der Waals surface area contributed by atoms with Crippen molar-refractivity contribution in [3.05, 3.63) is 35.6 Å². The van der Waals surface area contributed by atoms with E-state index in [1.807, 2.05) is 0 Å². The van der Waals surface area contributed by atoms with Gasteiger partial charge in [-0.2, -0.15) is 0 Å². The van der Waals surface area contributed by atoms with E-state index in [-0.39, 0.29) is 37.8 Å². The van der Waals surface area contributed by atoms with E-state index in [9.17, 15) is 18.8 Å². The average Bonchev–Trinajstić information content (AvgIpc) is 2.37. The predicted molar refractivity (Wildman–Crippen MR) is 62.7 cm³/mol. The zero-order valence-corrected chi connectivity index (χ0v) is 10.1. The Balaban J connectivity index is 1.95. The molecular formula is C13H12FNO4. The Kier molecular flexibility index (Phi) is 4.01. The molecular weight excluding hydrogens is 253 g/mol. The molecule has 0 atom stereocenters. The number of Topliss-reactive ketones (excluding diaryl/α,β-unsaturated/α-hetero) is 1. The quantitative estimate of drug-likeness (QED) is 0.736. The number of ether oxygens (including phenoxy) is 1. The van der Waals surface area contributed by atoms with Crippen LogP contribution in [-0.2, 0) is 25.5 Å². The van der Waals surface area contributed by atoms with Crippen molar-refractivity contribution < 1.29 is 23.5 Å². The molecule has 1 aliphatic rings. The fourth-order valence-electron chi connectivity index (χ4n) is 1.76. The maximum Gasteiger partial charge on any atom is 0.255 e. The van der Waals surface area contributed by atoms with Gasteiger partial charge in [-0.3, -0.25) is 19.3 Å². The van der Waals surface area contributed by atoms with Gasteiger partial charge >= 0.3 is 0 Å². The van der Waals surface area contributed by atoms with Crippen molar-refractivity contribution in [3.8, 4) is 0 Å². The molecule has 1 fully saturated rings. The number of morpholine rings is 1. The third kappa shape index (κ3) is 3.45. The van der Waals surface area contributed by atoms with E-state index < -0.39 is 11.8 Å². The first-order valence-electron chi connectivity index (χ1n) is 5.73. The maximum absolute atomic E-state index is 12.7. The minimum absolute atomic E-state index is 0.0538. The van der Waals surface area contributed by atoms with Crippen molar-refractivity contribution in [2.75, 3.05) is 19.8 Å². The molecule has 0 radical (unpaired) electrons. The van der Waals surface area contributed by atoms with Crippen molar-refractivity contribution in [1.29, 1.82) is 0 Å². The van der Waals surface area contributed by atoms with E-state index in [0.29, 0.717) is 5.56 Å². The first-order valence-corrected chi connectivity index (χ1v) is 5.73. The van der Waals surface area contributed by atoms with E-state index in [1.165, 1.54) is 24.3 Å². The Morgan fingerprint density at radius 3 is 2.32 bits per heavy atom. The van der Waals surface area contributed by atoms with Crippen molar-refractivity contribution in [2.45, 2.75) is 6.42 Å². The molecule has 0 unspecified atom stereocenters. The van der Waals surface area contributed by atoms with Gasteiger partial charge in [0, 0.05) is 6.42 Å². The van der Waals surface area contributed by atoms with Crippen LogP contribution in [0.5, 0.6) is 0 Å². The highest BCUT2D eigenvalue weighted by Crippen LogP contribution is 2.06. The van der Waals surface area contributed by atoms with Crippen molar-refractivity contribution >= 4 is 17.6 Å². The molecule has 1 heterocycles. The van der Waals surface area contributed by atoms with Gasteiger partial charge in [-0.25, -0.2) is 4.39 Å². The third-order valence-electron chi connectivity index (χ3n) is 2.70. The van der Waals surface area contributed by atoms with Crippen LogP contribution in [-0.4, -0.2) is 42.3 Å². The first-order chi connectivity index (χ1) is 9.06. The Hall–Kier alpha value is -2.08. The third-order valence-corrected chi connectivity index (χ3v) is 2.70. The van der Waals surface area contributed by atoms with Gasteiger partial charge in [0.1, 0.15) is 19.0 Å². The number of hydrogen-bond donors (Lipinski definition) is 0. The highest BCUT2D eigenvalue weighted by molar-refractivity contribution is 6.01. The highest BCUT2D eigenvalue weighted by atomic mass is 19.1. The zero-order chi connectivity index (χ0) is 13.8. The number of rotatable bonds is 4. The number of carbonyl (C=O) groups excluding carboxylic acids is 3. The number of benzene rings is 1. The molecule has 0 spiro atoms. The molecule has 1 aliphatic heterocycles. The summed E-state index contributed by atoms with van der Waals surface area (Å²) in [5, 5.41) is 0. The lowest BCUT2D eigenvalue weighted by Gasteiger charge is -2.24. The van der Waals surface area contributed by atoms with Crippen LogP contribution >= 0.6 is 0 Å². The summed E-state index contributed by atoms with van der Waals surface area (Å²) in [7, 11) is 0. The molecule has 1 aromatic rings. The number of carbonyl (C=O) groups is 3. The molecule has 5 nitrogen and oxygen atoms in total. The number of nitrogens with zero attached hydrogens (tertiary/aromatic N) is 1. The molecule has 2 amide bonds. The van der Waals surface area contributed by atoms with Gasteiger partial charge in [-0.05, 0) is 17.7 Å². The fourth-order valence-corrected chi connectivity index (χ4v) is 1.76. The summed E-state index contributed by atoms with van der Waals surface area (Å²) in [5.41, 5.74) is 0.638. The predicted octanol–water partition coefficient (Wildman–Crippen LogP) is 0.323. The van der Waals surface area contributed by atoms with Crippen molar-refractivity contribution in [2.24, 2.45) is 0 Å². The molecule has 0 aliphatic carbocycles. The van der Waals surface area contributed by atoms with Gasteiger partial charge in [-0.15, -0.1) is 0 Å². The van der Waals surface area contributed by atoms with Gasteiger partial charge in [0.2, 0.25) is 0 Å². The fraction of sp³-hybridized carbons (Fsp3) is 0.308. The molecule has 6 heteroatoms. The zero-order valence-electron chi connectivity index (χ0n) is 10.1. The minimum Gasteiger partial charge on any atom is -0.362 e. The standard InChI is InChI=1S/C13H12FNO4/c14-10-3-1-9(2-4-10)5-11(16)6-15-12(17)7-19-8-13(15)18/h1-4H,5-8H2. The lowest BCUT2D eigenvalue weighted by Crippen LogP contribution is -2.48. The SMILES string of the molecule is O=C(Cc1ccc(F)cc1)CN1C(=O)COCC1=O. The average molecular weight is 265 g/mol. The van der Waals surface area contributed by atoms with E-state index in [2.05, 4.69) is 0 Å². The van der Waals surface area contributed by atoms with Gasteiger partial charge < -0.3 is 4.74 Å². The lowest BCUT2D eigenvalue weighted by atomic mass is 10.1. The lowest BCUT2D eigenvalue weighted by molar-refractivity contribution is -0.160. The summed E-state index contributed by atoms with van der Waals surface area (Å²) in [4.78, 5) is 35.5. The van der Waals surface area contributed by atoms with Crippen molar-refractivity contribution in [1.82, 2.24) is 4.90 Å². The molecule has 19 heavy (non-hydrogen) atoms. The number of hydrogen-bond acceptors (Lipinski definition) is 4. The van der Waals surface area contributed by atoms with Gasteiger partial charge in [-0.1, -0.05) is 12.1 Å². The van der Waals surface area contributed by atoms with Crippen LogP contribution in [0.3, 0.4) is 0 Å². The molecule has 2 rings (SSSR count). The van der Waals surface area contributed by atoms with E-state index in [1.54, 1.807) is 0 Å². The molecule has 1 aromatic carbocycles. The monoisotopic (exact) mass is 265 g/mol. The number of amides is 2. The molecule has 0 bridgehead atoms. The summed E-state index contributed by atoms with van der Waals surface area (Å²) in [5.74, 6) is -1.68. The van der Waals surface area contributed by atoms with Crippen LogP contribution < -0.4 is 0 Å². The number of imide groups is 1.